The Morgan fingerprint density at radius 1 is 1.38 bits per heavy atom. The standard InChI is InChI=1S/C13H18F2O/c1-4-9(2)13(3,16)8-10-5-6-11(14)7-12(10)15/h5-7,9,16H,4,8H2,1-3H3. The molecule has 90 valence electrons. The monoisotopic (exact) mass is 228 g/mol. The van der Waals surface area contributed by atoms with E-state index < -0.39 is 17.2 Å². The topological polar surface area (TPSA) is 20.2 Å². The van der Waals surface area contributed by atoms with E-state index in [4.69, 9.17) is 0 Å². The molecule has 0 aromatic heterocycles. The lowest BCUT2D eigenvalue weighted by molar-refractivity contribution is 0.00444. The lowest BCUT2D eigenvalue weighted by Gasteiger charge is -2.29. The fourth-order valence-electron chi connectivity index (χ4n) is 1.66. The molecule has 3 heteroatoms. The van der Waals surface area contributed by atoms with Gasteiger partial charge in [-0.25, -0.2) is 8.78 Å². The van der Waals surface area contributed by atoms with Crippen molar-refractivity contribution in [2.45, 2.75) is 39.2 Å². The van der Waals surface area contributed by atoms with Gasteiger partial charge in [0.15, 0.2) is 0 Å². The lowest BCUT2D eigenvalue weighted by atomic mass is 9.83. The van der Waals surface area contributed by atoms with Crippen LogP contribution >= 0.6 is 0 Å². The maximum Gasteiger partial charge on any atom is 0.129 e. The van der Waals surface area contributed by atoms with Crippen molar-refractivity contribution in [3.63, 3.8) is 0 Å². The first-order chi connectivity index (χ1) is 7.36. The third-order valence-electron chi connectivity index (χ3n) is 3.24. The molecule has 0 fully saturated rings. The van der Waals surface area contributed by atoms with E-state index in [2.05, 4.69) is 0 Å². The Hall–Kier alpha value is -0.960. The first-order valence-electron chi connectivity index (χ1n) is 5.53. The lowest BCUT2D eigenvalue weighted by Crippen LogP contribution is -2.35. The van der Waals surface area contributed by atoms with E-state index >= 15 is 0 Å². The van der Waals surface area contributed by atoms with Crippen molar-refractivity contribution < 1.29 is 13.9 Å². The first-order valence-corrected chi connectivity index (χ1v) is 5.53. The Balaban J connectivity index is 2.87. The normalized spacial score (nSPS) is 16.9. The minimum atomic E-state index is -0.965. The average Bonchev–Trinajstić information content (AvgIpc) is 2.21. The number of aliphatic hydroxyl groups is 1. The van der Waals surface area contributed by atoms with Crippen molar-refractivity contribution in [3.05, 3.63) is 35.4 Å². The summed E-state index contributed by atoms with van der Waals surface area (Å²) in [4.78, 5) is 0. The minimum absolute atomic E-state index is 0.0666. The van der Waals surface area contributed by atoms with Gasteiger partial charge in [0.05, 0.1) is 5.60 Å². The summed E-state index contributed by atoms with van der Waals surface area (Å²) < 4.78 is 26.1. The second-order valence-corrected chi connectivity index (χ2v) is 4.58. The van der Waals surface area contributed by atoms with E-state index in [9.17, 15) is 13.9 Å². The molecule has 1 N–H and O–H groups in total. The largest absolute Gasteiger partial charge is 0.390 e. The molecule has 0 aliphatic carbocycles. The van der Waals surface area contributed by atoms with Gasteiger partial charge in [-0.15, -0.1) is 0 Å². The molecule has 2 unspecified atom stereocenters. The number of benzene rings is 1. The van der Waals surface area contributed by atoms with Gasteiger partial charge in [-0.05, 0) is 24.5 Å². The molecule has 1 nitrogen and oxygen atoms in total. The Bertz CT molecular complexity index is 361. The molecule has 2 atom stereocenters. The van der Waals surface area contributed by atoms with E-state index in [-0.39, 0.29) is 12.3 Å². The molecule has 0 amide bonds. The highest BCUT2D eigenvalue weighted by atomic mass is 19.1. The van der Waals surface area contributed by atoms with E-state index in [0.717, 1.165) is 12.5 Å². The molecule has 0 aliphatic rings. The van der Waals surface area contributed by atoms with Crippen LogP contribution in [0.4, 0.5) is 8.78 Å². The van der Waals surface area contributed by atoms with Crippen molar-refractivity contribution in [2.75, 3.05) is 0 Å². The third-order valence-corrected chi connectivity index (χ3v) is 3.24. The van der Waals surface area contributed by atoms with E-state index in [1.54, 1.807) is 6.92 Å². The number of rotatable bonds is 4. The average molecular weight is 228 g/mol. The van der Waals surface area contributed by atoms with E-state index in [1.165, 1.54) is 12.1 Å². The molecule has 16 heavy (non-hydrogen) atoms. The summed E-state index contributed by atoms with van der Waals surface area (Å²) in [5, 5.41) is 10.2. The summed E-state index contributed by atoms with van der Waals surface area (Å²) in [7, 11) is 0. The quantitative estimate of drug-likeness (QED) is 0.838. The molecule has 0 aliphatic heterocycles. The summed E-state index contributed by atoms with van der Waals surface area (Å²) >= 11 is 0. The van der Waals surface area contributed by atoms with Crippen LogP contribution < -0.4 is 0 Å². The summed E-state index contributed by atoms with van der Waals surface area (Å²) in [6.07, 6.45) is 1.02. The third kappa shape index (κ3) is 3.01. The Kier molecular flexibility index (Phi) is 4.03. The molecule has 1 rings (SSSR count). The Labute approximate surface area is 95.1 Å². The molecule has 0 radical (unpaired) electrons. The molecular formula is C13H18F2O. The molecule has 0 bridgehead atoms. The predicted octanol–water partition coefficient (Wildman–Crippen LogP) is 3.30. The molecular weight excluding hydrogens is 210 g/mol. The van der Waals surface area contributed by atoms with Crippen molar-refractivity contribution in [2.24, 2.45) is 5.92 Å². The van der Waals surface area contributed by atoms with Crippen molar-refractivity contribution >= 4 is 0 Å². The van der Waals surface area contributed by atoms with Gasteiger partial charge >= 0.3 is 0 Å². The zero-order valence-corrected chi connectivity index (χ0v) is 9.93. The minimum Gasteiger partial charge on any atom is -0.390 e. The van der Waals surface area contributed by atoms with E-state index in [0.29, 0.717) is 5.56 Å². The molecule has 0 saturated heterocycles. The van der Waals surface area contributed by atoms with Crippen LogP contribution in [0.5, 0.6) is 0 Å². The zero-order valence-electron chi connectivity index (χ0n) is 9.93. The van der Waals surface area contributed by atoms with Crippen molar-refractivity contribution in [3.8, 4) is 0 Å². The number of halogens is 2. The summed E-state index contributed by atoms with van der Waals surface area (Å²) in [6.45, 7) is 5.57. The fourth-order valence-corrected chi connectivity index (χ4v) is 1.66. The summed E-state index contributed by atoms with van der Waals surface area (Å²) in [6, 6.07) is 3.45. The zero-order chi connectivity index (χ0) is 12.3. The first kappa shape index (κ1) is 13.1. The second-order valence-electron chi connectivity index (χ2n) is 4.58. The SMILES string of the molecule is CCC(C)C(C)(O)Cc1ccc(F)cc1F. The highest BCUT2D eigenvalue weighted by molar-refractivity contribution is 5.20. The van der Waals surface area contributed by atoms with Gasteiger partial charge in [0.2, 0.25) is 0 Å². The van der Waals surface area contributed by atoms with Crippen molar-refractivity contribution in [1.29, 1.82) is 0 Å². The van der Waals surface area contributed by atoms with Crippen LogP contribution in [-0.4, -0.2) is 10.7 Å². The number of hydrogen-bond donors (Lipinski definition) is 1. The van der Waals surface area contributed by atoms with Crippen LogP contribution in [0.25, 0.3) is 0 Å². The van der Waals surface area contributed by atoms with Crippen LogP contribution in [0.3, 0.4) is 0 Å². The van der Waals surface area contributed by atoms with Crippen LogP contribution in [0, 0.1) is 17.6 Å². The maximum absolute atomic E-state index is 13.4. The smallest absolute Gasteiger partial charge is 0.129 e. The van der Waals surface area contributed by atoms with Crippen LogP contribution in [-0.2, 0) is 6.42 Å². The highest BCUT2D eigenvalue weighted by Crippen LogP contribution is 2.25. The van der Waals surface area contributed by atoms with Crippen LogP contribution in [0.2, 0.25) is 0 Å². The van der Waals surface area contributed by atoms with Crippen LogP contribution in [0.15, 0.2) is 18.2 Å². The second kappa shape index (κ2) is 4.91. The molecule has 1 aromatic carbocycles. The van der Waals surface area contributed by atoms with Gasteiger partial charge in [-0.1, -0.05) is 26.3 Å². The molecule has 1 aromatic rings. The fraction of sp³-hybridized carbons (Fsp3) is 0.538. The van der Waals surface area contributed by atoms with Gasteiger partial charge in [-0.2, -0.15) is 0 Å². The predicted molar refractivity (Wildman–Crippen MR) is 60.1 cm³/mol. The molecule has 0 spiro atoms. The number of hydrogen-bond acceptors (Lipinski definition) is 1. The van der Waals surface area contributed by atoms with Crippen molar-refractivity contribution in [1.82, 2.24) is 0 Å². The summed E-state index contributed by atoms with van der Waals surface area (Å²) in [5.74, 6) is -1.12. The van der Waals surface area contributed by atoms with Gasteiger partial charge in [0.1, 0.15) is 11.6 Å². The molecule has 0 heterocycles. The highest BCUT2D eigenvalue weighted by Gasteiger charge is 2.28. The van der Waals surface area contributed by atoms with Gasteiger partial charge in [0.25, 0.3) is 0 Å². The Morgan fingerprint density at radius 2 is 2.00 bits per heavy atom. The maximum atomic E-state index is 13.4. The van der Waals surface area contributed by atoms with Gasteiger partial charge in [-0.3, -0.25) is 0 Å². The van der Waals surface area contributed by atoms with Gasteiger partial charge in [0, 0.05) is 12.5 Å². The van der Waals surface area contributed by atoms with E-state index in [1.807, 2.05) is 13.8 Å². The van der Waals surface area contributed by atoms with Gasteiger partial charge < -0.3 is 5.11 Å². The summed E-state index contributed by atoms with van der Waals surface area (Å²) in [5.41, 5.74) is -0.611. The van der Waals surface area contributed by atoms with Crippen LogP contribution in [0.1, 0.15) is 32.8 Å². The molecule has 0 saturated carbocycles. The Morgan fingerprint density at radius 3 is 2.50 bits per heavy atom.